The highest BCUT2D eigenvalue weighted by molar-refractivity contribution is 6.00. The number of rotatable bonds is 4. The molecule has 0 saturated carbocycles. The van der Waals surface area contributed by atoms with Crippen molar-refractivity contribution >= 4 is 28.8 Å². The molecule has 7 heteroatoms. The number of nitro groups is 1. The van der Waals surface area contributed by atoms with Gasteiger partial charge in [-0.1, -0.05) is 18.2 Å². The van der Waals surface area contributed by atoms with Crippen LogP contribution in [-0.4, -0.2) is 17.5 Å². The Morgan fingerprint density at radius 3 is 2.50 bits per heavy atom. The van der Waals surface area contributed by atoms with Crippen molar-refractivity contribution in [2.45, 2.75) is 6.42 Å². The van der Waals surface area contributed by atoms with Gasteiger partial charge in [0, 0.05) is 35.7 Å². The molecule has 0 spiro atoms. The summed E-state index contributed by atoms with van der Waals surface area (Å²) in [5, 5.41) is 19.3. The molecule has 2 aromatic rings. The first kappa shape index (κ1) is 15.5. The SMILES string of the molecule is O=C(Nc1ccc([N+](=O)[O-])cc1)Nc1cccc(C2=CCCN2)c1. The number of nitrogens with zero attached hydrogens (tertiary/aromatic N) is 1. The number of nitro benzene ring substituents is 1. The summed E-state index contributed by atoms with van der Waals surface area (Å²) < 4.78 is 0. The van der Waals surface area contributed by atoms with Gasteiger partial charge in [-0.2, -0.15) is 0 Å². The number of carbonyl (C=O) groups excluding carboxylic acids is 1. The van der Waals surface area contributed by atoms with E-state index in [4.69, 9.17) is 0 Å². The Morgan fingerprint density at radius 2 is 1.83 bits per heavy atom. The fourth-order valence-corrected chi connectivity index (χ4v) is 2.44. The van der Waals surface area contributed by atoms with Crippen LogP contribution in [0.1, 0.15) is 12.0 Å². The van der Waals surface area contributed by atoms with Crippen molar-refractivity contribution in [2.75, 3.05) is 17.2 Å². The van der Waals surface area contributed by atoms with E-state index in [-0.39, 0.29) is 5.69 Å². The lowest BCUT2D eigenvalue weighted by atomic mass is 10.1. The molecule has 24 heavy (non-hydrogen) atoms. The van der Waals surface area contributed by atoms with Crippen LogP contribution in [0.15, 0.2) is 54.6 Å². The Bertz CT molecular complexity index is 800. The molecule has 1 aliphatic heterocycles. The number of amides is 2. The van der Waals surface area contributed by atoms with Crippen molar-refractivity contribution < 1.29 is 9.72 Å². The van der Waals surface area contributed by atoms with Crippen molar-refractivity contribution in [1.82, 2.24) is 5.32 Å². The van der Waals surface area contributed by atoms with E-state index in [0.717, 1.165) is 24.2 Å². The number of hydrogen-bond acceptors (Lipinski definition) is 4. The van der Waals surface area contributed by atoms with Gasteiger partial charge in [0.1, 0.15) is 0 Å². The van der Waals surface area contributed by atoms with E-state index in [1.54, 1.807) is 6.07 Å². The lowest BCUT2D eigenvalue weighted by Crippen LogP contribution is -2.19. The maximum absolute atomic E-state index is 12.0. The van der Waals surface area contributed by atoms with Crippen LogP contribution < -0.4 is 16.0 Å². The number of carbonyl (C=O) groups is 1. The molecule has 7 nitrogen and oxygen atoms in total. The van der Waals surface area contributed by atoms with Crippen LogP contribution in [0.5, 0.6) is 0 Å². The lowest BCUT2D eigenvalue weighted by Gasteiger charge is -2.10. The second-order valence-electron chi connectivity index (χ2n) is 5.30. The zero-order valence-electron chi connectivity index (χ0n) is 12.8. The van der Waals surface area contributed by atoms with E-state index in [2.05, 4.69) is 22.0 Å². The van der Waals surface area contributed by atoms with Gasteiger partial charge in [0.2, 0.25) is 0 Å². The summed E-state index contributed by atoms with van der Waals surface area (Å²) >= 11 is 0. The average molecular weight is 324 g/mol. The first-order valence-electron chi connectivity index (χ1n) is 7.49. The van der Waals surface area contributed by atoms with Crippen molar-refractivity contribution in [1.29, 1.82) is 0 Å². The van der Waals surface area contributed by atoms with Crippen molar-refractivity contribution in [3.05, 3.63) is 70.3 Å². The van der Waals surface area contributed by atoms with Crippen molar-refractivity contribution in [3.8, 4) is 0 Å². The molecule has 0 radical (unpaired) electrons. The van der Waals surface area contributed by atoms with Gasteiger partial charge in [-0.05, 0) is 36.2 Å². The van der Waals surface area contributed by atoms with Crippen LogP contribution in [0.3, 0.4) is 0 Å². The molecular formula is C17H16N4O3. The largest absolute Gasteiger partial charge is 0.385 e. The molecule has 0 atom stereocenters. The monoisotopic (exact) mass is 324 g/mol. The van der Waals surface area contributed by atoms with Crippen LogP contribution >= 0.6 is 0 Å². The van der Waals surface area contributed by atoms with E-state index in [9.17, 15) is 14.9 Å². The Labute approximate surface area is 138 Å². The summed E-state index contributed by atoms with van der Waals surface area (Å²) in [6, 6.07) is 12.8. The zero-order chi connectivity index (χ0) is 16.9. The minimum Gasteiger partial charge on any atom is -0.385 e. The standard InChI is InChI=1S/C17H16N4O3/c22-17(19-13-6-8-15(9-7-13)21(23)24)20-14-4-1-3-12(11-14)16-5-2-10-18-16/h1,3-9,11,18H,2,10H2,(H2,19,20,22). The first-order valence-corrected chi connectivity index (χ1v) is 7.49. The maximum Gasteiger partial charge on any atom is 0.323 e. The summed E-state index contributed by atoms with van der Waals surface area (Å²) in [4.78, 5) is 22.2. The van der Waals surface area contributed by atoms with E-state index in [0.29, 0.717) is 11.4 Å². The third kappa shape index (κ3) is 3.70. The molecule has 2 aromatic carbocycles. The van der Waals surface area contributed by atoms with Gasteiger partial charge in [0.05, 0.1) is 4.92 Å². The zero-order valence-corrected chi connectivity index (χ0v) is 12.8. The highest BCUT2D eigenvalue weighted by Crippen LogP contribution is 2.20. The summed E-state index contributed by atoms with van der Waals surface area (Å²) in [7, 11) is 0. The molecule has 0 aromatic heterocycles. The summed E-state index contributed by atoms with van der Waals surface area (Å²) in [6.07, 6.45) is 3.11. The van der Waals surface area contributed by atoms with E-state index < -0.39 is 11.0 Å². The smallest absolute Gasteiger partial charge is 0.323 e. The molecule has 3 N–H and O–H groups in total. The molecule has 2 amide bonds. The predicted molar refractivity (Wildman–Crippen MR) is 92.8 cm³/mol. The number of anilines is 2. The second kappa shape index (κ2) is 6.82. The van der Waals surface area contributed by atoms with E-state index in [1.807, 2.05) is 18.2 Å². The van der Waals surface area contributed by atoms with Gasteiger partial charge < -0.3 is 16.0 Å². The van der Waals surface area contributed by atoms with Crippen LogP contribution in [-0.2, 0) is 0 Å². The molecule has 0 saturated heterocycles. The molecule has 0 fully saturated rings. The van der Waals surface area contributed by atoms with Crippen LogP contribution in [0.4, 0.5) is 21.9 Å². The Balaban J connectivity index is 1.64. The molecule has 1 heterocycles. The van der Waals surface area contributed by atoms with Crippen LogP contribution in [0.25, 0.3) is 5.70 Å². The minimum absolute atomic E-state index is 0.0222. The fraction of sp³-hybridized carbons (Fsp3) is 0.118. The average Bonchev–Trinajstić information content (AvgIpc) is 3.10. The summed E-state index contributed by atoms with van der Waals surface area (Å²) in [5.74, 6) is 0. The van der Waals surface area contributed by atoms with E-state index >= 15 is 0 Å². The van der Waals surface area contributed by atoms with Crippen molar-refractivity contribution in [3.63, 3.8) is 0 Å². The van der Waals surface area contributed by atoms with Crippen molar-refractivity contribution in [2.24, 2.45) is 0 Å². The van der Waals surface area contributed by atoms with Gasteiger partial charge in [0.25, 0.3) is 5.69 Å². The normalized spacial score (nSPS) is 12.9. The molecule has 0 unspecified atom stereocenters. The third-order valence-corrected chi connectivity index (χ3v) is 3.58. The van der Waals surface area contributed by atoms with Gasteiger partial charge in [-0.25, -0.2) is 4.79 Å². The Hall–Kier alpha value is -3.35. The van der Waals surface area contributed by atoms with Gasteiger partial charge >= 0.3 is 6.03 Å². The topological polar surface area (TPSA) is 96.3 Å². The van der Waals surface area contributed by atoms with Crippen LogP contribution in [0, 0.1) is 10.1 Å². The molecule has 3 rings (SSSR count). The molecule has 1 aliphatic rings. The summed E-state index contributed by atoms with van der Waals surface area (Å²) in [5.41, 5.74) is 3.21. The quantitative estimate of drug-likeness (QED) is 0.591. The van der Waals surface area contributed by atoms with Gasteiger partial charge in [-0.15, -0.1) is 0 Å². The first-order chi connectivity index (χ1) is 11.6. The number of non-ortho nitro benzene ring substituents is 1. The number of benzene rings is 2. The number of hydrogen-bond donors (Lipinski definition) is 3. The van der Waals surface area contributed by atoms with Gasteiger partial charge in [0.15, 0.2) is 0 Å². The predicted octanol–water partition coefficient (Wildman–Crippen LogP) is 3.57. The summed E-state index contributed by atoms with van der Waals surface area (Å²) in [6.45, 7) is 0.924. The highest BCUT2D eigenvalue weighted by Gasteiger charge is 2.09. The Morgan fingerprint density at radius 1 is 1.08 bits per heavy atom. The highest BCUT2D eigenvalue weighted by atomic mass is 16.6. The number of urea groups is 1. The molecule has 0 aliphatic carbocycles. The van der Waals surface area contributed by atoms with Crippen LogP contribution in [0.2, 0.25) is 0 Å². The minimum atomic E-state index is -0.485. The number of nitrogens with one attached hydrogen (secondary N) is 3. The van der Waals surface area contributed by atoms with E-state index in [1.165, 1.54) is 24.3 Å². The van der Waals surface area contributed by atoms with Gasteiger partial charge in [-0.3, -0.25) is 10.1 Å². The fourth-order valence-electron chi connectivity index (χ4n) is 2.44. The molecular weight excluding hydrogens is 308 g/mol. The maximum atomic E-state index is 12.0. The third-order valence-electron chi connectivity index (χ3n) is 3.58. The lowest BCUT2D eigenvalue weighted by molar-refractivity contribution is -0.384. The molecule has 0 bridgehead atoms. The Kier molecular flexibility index (Phi) is 4.42. The second-order valence-corrected chi connectivity index (χ2v) is 5.30. The molecule has 122 valence electrons.